The lowest BCUT2D eigenvalue weighted by molar-refractivity contribution is 0.194. The van der Waals surface area contributed by atoms with Crippen LogP contribution < -0.4 is 0 Å². The summed E-state index contributed by atoms with van der Waals surface area (Å²) in [6.45, 7) is 7.72. The first kappa shape index (κ1) is 23.8. The predicted molar refractivity (Wildman–Crippen MR) is 98.1 cm³/mol. The zero-order chi connectivity index (χ0) is 20.1. The largest absolute Gasteiger partial charge is 0.321 e. The first-order valence-electron chi connectivity index (χ1n) is 8.10. The summed E-state index contributed by atoms with van der Waals surface area (Å²) < 4.78 is 78.7. The highest BCUT2D eigenvalue weighted by atomic mass is 32.9. The number of halogens is 5. The summed E-state index contributed by atoms with van der Waals surface area (Å²) in [5, 5.41) is 0. The summed E-state index contributed by atoms with van der Waals surface area (Å²) in [7, 11) is 0. The van der Waals surface area contributed by atoms with Crippen LogP contribution in [0.3, 0.4) is 0 Å². The minimum Gasteiger partial charge on any atom is -0.321 e. The van der Waals surface area contributed by atoms with E-state index >= 15 is 0 Å². The Labute approximate surface area is 159 Å². The molecule has 1 aromatic carbocycles. The molecule has 150 valence electrons. The molecule has 2 unspecified atom stereocenters. The van der Waals surface area contributed by atoms with Crippen LogP contribution in [0.25, 0.3) is 0 Å². The second kappa shape index (κ2) is 10.4. The number of hydrogen-bond acceptors (Lipinski definition) is 4. The topological polar surface area (TPSA) is 18.5 Å². The molecule has 0 bridgehead atoms. The van der Waals surface area contributed by atoms with Crippen LogP contribution in [-0.2, 0) is 26.6 Å². The van der Waals surface area contributed by atoms with Crippen LogP contribution in [0.2, 0.25) is 0 Å². The molecule has 0 radical (unpaired) electrons. The normalized spacial score (nSPS) is 15.3. The molecule has 0 saturated heterocycles. The molecule has 0 spiro atoms. The Bertz CT molecular complexity index is 644. The smallest absolute Gasteiger partial charge is 0.247 e. The molecule has 10 heteroatoms. The Morgan fingerprint density at radius 2 is 1.46 bits per heavy atom. The van der Waals surface area contributed by atoms with Gasteiger partial charge in [0, 0.05) is 11.3 Å². The van der Waals surface area contributed by atoms with Gasteiger partial charge in [0.05, 0.1) is 12.7 Å². The van der Waals surface area contributed by atoms with Gasteiger partial charge in [-0.1, -0.05) is 31.7 Å². The van der Waals surface area contributed by atoms with E-state index in [1.165, 1.54) is 0 Å². The van der Waals surface area contributed by atoms with Gasteiger partial charge in [0.15, 0.2) is 23.3 Å². The molecule has 0 amide bonds. The highest BCUT2D eigenvalue weighted by molar-refractivity contribution is 8.67. The highest BCUT2D eigenvalue weighted by Gasteiger charge is 2.29. The molecule has 0 aliphatic carbocycles. The first-order valence-corrected chi connectivity index (χ1v) is 12.3. The minimum absolute atomic E-state index is 0.202. The Morgan fingerprint density at radius 1 is 0.962 bits per heavy atom. The van der Waals surface area contributed by atoms with Crippen LogP contribution in [0.1, 0.15) is 46.1 Å². The van der Waals surface area contributed by atoms with Gasteiger partial charge in [0.25, 0.3) is 0 Å². The van der Waals surface area contributed by atoms with E-state index < -0.39 is 46.1 Å². The maximum atomic E-state index is 13.8. The average molecular weight is 436 g/mol. The van der Waals surface area contributed by atoms with E-state index in [1.807, 2.05) is 13.8 Å². The number of benzene rings is 1. The maximum Gasteiger partial charge on any atom is 0.247 e. The fourth-order valence-corrected chi connectivity index (χ4v) is 6.90. The molecule has 26 heavy (non-hydrogen) atoms. The van der Waals surface area contributed by atoms with Gasteiger partial charge >= 0.3 is 0 Å². The lowest BCUT2D eigenvalue weighted by atomic mass is 10.1. The van der Waals surface area contributed by atoms with Crippen LogP contribution in [0.5, 0.6) is 0 Å². The van der Waals surface area contributed by atoms with Crippen LogP contribution in [0, 0.1) is 35.0 Å². The van der Waals surface area contributed by atoms with Gasteiger partial charge in [-0.15, -0.1) is 0 Å². The van der Waals surface area contributed by atoms with E-state index in [0.717, 1.165) is 24.2 Å². The minimum atomic E-state index is -3.02. The van der Waals surface area contributed by atoms with Crippen molar-refractivity contribution in [2.45, 2.75) is 52.4 Å². The summed E-state index contributed by atoms with van der Waals surface area (Å²) in [4.78, 5) is 0. The Kier molecular flexibility index (Phi) is 9.50. The summed E-state index contributed by atoms with van der Waals surface area (Å²) in [5.41, 5.74) is -3.95. The van der Waals surface area contributed by atoms with Crippen molar-refractivity contribution in [1.29, 1.82) is 0 Å². The summed E-state index contributed by atoms with van der Waals surface area (Å²) >= 11 is 6.14. The van der Waals surface area contributed by atoms with Crippen molar-refractivity contribution in [2.24, 2.45) is 5.92 Å². The van der Waals surface area contributed by atoms with E-state index in [0.29, 0.717) is 6.61 Å². The highest BCUT2D eigenvalue weighted by Crippen LogP contribution is 2.63. The van der Waals surface area contributed by atoms with Crippen LogP contribution in [0.15, 0.2) is 0 Å². The zero-order valence-electron chi connectivity index (χ0n) is 15.0. The van der Waals surface area contributed by atoms with E-state index in [2.05, 4.69) is 0 Å². The van der Waals surface area contributed by atoms with Crippen molar-refractivity contribution >= 4 is 28.9 Å². The Balaban J connectivity index is 2.99. The third-order valence-corrected chi connectivity index (χ3v) is 8.62. The van der Waals surface area contributed by atoms with Crippen molar-refractivity contribution < 1.29 is 31.0 Å². The molecule has 1 rings (SSSR count). The number of hydrogen-bond donors (Lipinski definition) is 0. The predicted octanol–water partition coefficient (Wildman–Crippen LogP) is 6.72. The first-order chi connectivity index (χ1) is 12.0. The van der Waals surface area contributed by atoms with Gasteiger partial charge in [0.2, 0.25) is 11.5 Å². The van der Waals surface area contributed by atoms with Crippen molar-refractivity contribution in [3.05, 3.63) is 34.6 Å². The molecule has 1 aromatic rings. The Hall–Kier alpha value is -0.210. The van der Waals surface area contributed by atoms with Gasteiger partial charge in [0.1, 0.15) is 0 Å². The molecule has 0 saturated carbocycles. The second-order valence-electron chi connectivity index (χ2n) is 6.11. The standard InChI is InChI=1S/C16H22F5O2PS2/c1-5-6-10(4)7-22-24(25,23-9(2)3)26-8-11-12(17)14(19)16(21)15(20)13(11)18/h9-10H,5-8H2,1-4H3. The lowest BCUT2D eigenvalue weighted by Crippen LogP contribution is -2.09. The number of rotatable bonds is 10. The van der Waals surface area contributed by atoms with Gasteiger partial charge in [-0.2, -0.15) is 0 Å². The summed E-state index contributed by atoms with van der Waals surface area (Å²) in [6, 6.07) is 0. The maximum absolute atomic E-state index is 13.8. The van der Waals surface area contributed by atoms with Gasteiger partial charge in [-0.05, 0) is 38.0 Å². The third-order valence-electron chi connectivity index (χ3n) is 3.31. The van der Waals surface area contributed by atoms with Crippen LogP contribution in [0.4, 0.5) is 22.0 Å². The van der Waals surface area contributed by atoms with Crippen LogP contribution in [-0.4, -0.2) is 12.7 Å². The fourth-order valence-electron chi connectivity index (χ4n) is 2.07. The third kappa shape index (κ3) is 6.44. The molecule has 0 aliphatic rings. The van der Waals surface area contributed by atoms with E-state index in [4.69, 9.17) is 20.9 Å². The Morgan fingerprint density at radius 3 is 1.92 bits per heavy atom. The molecule has 2 atom stereocenters. The molecule has 0 aromatic heterocycles. The van der Waals surface area contributed by atoms with Gasteiger partial charge in [-0.3, -0.25) is 0 Å². The second-order valence-corrected chi connectivity index (χ2v) is 12.4. The zero-order valence-corrected chi connectivity index (χ0v) is 17.5. The van der Waals surface area contributed by atoms with Crippen molar-refractivity contribution in [2.75, 3.05) is 6.61 Å². The van der Waals surface area contributed by atoms with Crippen molar-refractivity contribution in [3.63, 3.8) is 0 Å². The SMILES string of the molecule is CCCC(C)COP(=S)(OC(C)C)SCc1c(F)c(F)c(F)c(F)c1F. The molecular weight excluding hydrogens is 414 g/mol. The van der Waals surface area contributed by atoms with E-state index in [-0.39, 0.29) is 12.0 Å². The van der Waals surface area contributed by atoms with Crippen LogP contribution >= 0.6 is 17.1 Å². The average Bonchev–Trinajstić information content (AvgIpc) is 2.56. The van der Waals surface area contributed by atoms with Gasteiger partial charge in [-0.25, -0.2) is 22.0 Å². The summed E-state index contributed by atoms with van der Waals surface area (Å²) in [5.74, 6) is -10.2. The molecule has 0 fully saturated rings. The van der Waals surface area contributed by atoms with Crippen molar-refractivity contribution in [1.82, 2.24) is 0 Å². The van der Waals surface area contributed by atoms with E-state index in [1.54, 1.807) is 13.8 Å². The molecular formula is C16H22F5O2PS2. The van der Waals surface area contributed by atoms with Gasteiger partial charge < -0.3 is 9.05 Å². The monoisotopic (exact) mass is 436 g/mol. The quantitative estimate of drug-likeness (QED) is 0.175. The van der Waals surface area contributed by atoms with Crippen molar-refractivity contribution in [3.8, 4) is 0 Å². The fraction of sp³-hybridized carbons (Fsp3) is 0.625. The van der Waals surface area contributed by atoms with E-state index in [9.17, 15) is 22.0 Å². The lowest BCUT2D eigenvalue weighted by Gasteiger charge is -2.25. The summed E-state index contributed by atoms with van der Waals surface area (Å²) in [6.07, 6.45) is 1.54. The molecule has 0 aliphatic heterocycles. The molecule has 0 N–H and O–H groups in total. The molecule has 2 nitrogen and oxygen atoms in total. The molecule has 0 heterocycles.